The molecule has 462 valence electrons. The van der Waals surface area contributed by atoms with Crippen LogP contribution in [0.3, 0.4) is 0 Å². The van der Waals surface area contributed by atoms with Gasteiger partial charge in [0.05, 0.1) is 12.2 Å². The average molecular weight is 1160 g/mol. The molecule has 7 rings (SSSR count). The molecule has 0 saturated carbocycles. The lowest BCUT2D eigenvalue weighted by Gasteiger charge is -2.50. The maximum Gasteiger partial charge on any atom is 0.187 e. The summed E-state index contributed by atoms with van der Waals surface area (Å²) in [6, 6.07) is 0. The summed E-state index contributed by atoms with van der Waals surface area (Å²) in [5.74, 6) is -0.578. The SMILES string of the molecule is CO[C@H]1OC(CN)[C@@H](O[C@H]2OC(CN)[C@@H](O[C@H]3OC(CN)[C@@H](O[C@H]4OC(CN)[C@@H](O[C@H]5OC(CN)[C@@H](O[C@H]6OC(CN)[C@@H](O[C@H]7OC(CN)[C@@H](C)[C@H](O)C7O)[C@H](O)C6O)[C@H](O)C5O)[C@H](O)C4O)[C@H](O)C3O)[C@H](O)C2O)[C@H](O)C1O. The highest BCUT2D eigenvalue weighted by Crippen LogP contribution is 2.38. The Balaban J connectivity index is 0.946. The first-order chi connectivity index (χ1) is 37.5. The molecule has 0 aromatic heterocycles. The molecule has 7 aliphatic heterocycles. The van der Waals surface area contributed by atoms with Crippen LogP contribution in [0.25, 0.3) is 0 Å². The highest BCUT2D eigenvalue weighted by atomic mass is 16.8. The van der Waals surface area contributed by atoms with E-state index < -0.39 is 241 Å². The molecule has 14 unspecified atom stereocenters. The maximum atomic E-state index is 11.5. The van der Waals surface area contributed by atoms with E-state index in [1.54, 1.807) is 6.92 Å². The molecule has 0 amide bonds. The van der Waals surface area contributed by atoms with Crippen LogP contribution in [-0.4, -0.2) is 333 Å². The van der Waals surface area contributed by atoms with Gasteiger partial charge in [0.15, 0.2) is 44.0 Å². The summed E-state index contributed by atoms with van der Waals surface area (Å²) in [5, 5.41) is 156. The molecule has 0 bridgehead atoms. The van der Waals surface area contributed by atoms with Gasteiger partial charge in [-0.05, 0) is 0 Å². The summed E-state index contributed by atoms with van der Waals surface area (Å²) in [6.45, 7) is -0.795. The Bertz CT molecular complexity index is 1850. The quantitative estimate of drug-likeness (QED) is 0.0538. The van der Waals surface area contributed by atoms with Crippen molar-refractivity contribution in [2.75, 3.05) is 52.9 Å². The van der Waals surface area contributed by atoms with Crippen molar-refractivity contribution in [1.29, 1.82) is 0 Å². The van der Waals surface area contributed by atoms with E-state index in [0.29, 0.717) is 0 Å². The lowest BCUT2D eigenvalue weighted by molar-refractivity contribution is -0.392. The molecule has 7 saturated heterocycles. The number of rotatable bonds is 20. The molecule has 0 aromatic rings. The molecule has 28 N–H and O–H groups in total. The molecule has 35 heteroatoms. The monoisotopic (exact) mass is 1160 g/mol. The molecule has 0 aliphatic carbocycles. The van der Waals surface area contributed by atoms with Gasteiger partial charge in [-0.15, -0.1) is 0 Å². The van der Waals surface area contributed by atoms with Crippen LogP contribution >= 0.6 is 0 Å². The molecular formula is C44H83N7O28. The van der Waals surface area contributed by atoms with Crippen LogP contribution in [0, 0.1) is 5.92 Å². The fourth-order valence-electron chi connectivity index (χ4n) is 10.7. The molecule has 35 nitrogen and oxygen atoms in total. The summed E-state index contributed by atoms with van der Waals surface area (Å²) in [6.07, 6.45) is -55.6. The van der Waals surface area contributed by atoms with E-state index in [2.05, 4.69) is 0 Å². The second-order valence-corrected chi connectivity index (χ2v) is 20.5. The summed E-state index contributed by atoms with van der Waals surface area (Å²) in [4.78, 5) is 0. The third kappa shape index (κ3) is 13.4. The van der Waals surface area contributed by atoms with Crippen LogP contribution in [0.1, 0.15) is 6.92 Å². The van der Waals surface area contributed by atoms with Gasteiger partial charge in [0, 0.05) is 58.8 Å². The molecule has 7 aliphatic rings. The van der Waals surface area contributed by atoms with Gasteiger partial charge in [0.1, 0.15) is 153 Å². The Kier molecular flexibility index (Phi) is 23.3. The number of methoxy groups -OCH3 is 1. The highest BCUT2D eigenvalue weighted by Gasteiger charge is 2.58. The van der Waals surface area contributed by atoms with Gasteiger partial charge in [0.2, 0.25) is 0 Å². The van der Waals surface area contributed by atoms with E-state index in [1.807, 2.05) is 0 Å². The fourth-order valence-corrected chi connectivity index (χ4v) is 10.7. The third-order valence-electron chi connectivity index (χ3n) is 15.5. The standard InChI is InChI=1S/C44H83N7O28/c1-10-11(3-45)67-39(25(59)18(10)52)74-33-13(5-47)69-41(27(61)20(33)54)76-35-15(7-49)71-43(29(63)22(35)56)78-37-17(9-51)73-44(31(65)24(37)58)79-36-16(8-50)72-42(30(64)23(36)57)77-34-14(6-48)70-40(28(62)21(34)55)75-32-12(4-46)68-38(66-2)26(60)19(32)53/h10-44,52-65H,3-9,45-51H2,1-2H3/t10-,11?,12?,13?,14?,15?,16?,17?,18+,19-,20-,21-,22-,23-,24-,25?,26?,27?,28?,29?,30?,31?,32-,33-,34-,35-,36-,37-,38+,39-,40-,41-,42-,43-,44-/m1/s1. The van der Waals surface area contributed by atoms with Gasteiger partial charge < -0.3 is 178 Å². The van der Waals surface area contributed by atoms with Crippen molar-refractivity contribution in [2.24, 2.45) is 46.1 Å². The van der Waals surface area contributed by atoms with E-state index >= 15 is 0 Å². The minimum absolute atomic E-state index is 0.0438. The fraction of sp³-hybridized carbons (Fsp3) is 1.00. The lowest BCUT2D eigenvalue weighted by atomic mass is 9.90. The zero-order chi connectivity index (χ0) is 58.1. The van der Waals surface area contributed by atoms with Crippen molar-refractivity contribution < 1.29 is 138 Å². The van der Waals surface area contributed by atoms with Crippen LogP contribution in [0.5, 0.6) is 0 Å². The number of aliphatic hydroxyl groups excluding tert-OH is 14. The van der Waals surface area contributed by atoms with E-state index in [4.69, 9.17) is 106 Å². The van der Waals surface area contributed by atoms with Crippen LogP contribution in [0.2, 0.25) is 0 Å². The smallest absolute Gasteiger partial charge is 0.187 e. The maximum absolute atomic E-state index is 11.5. The Morgan fingerprint density at radius 1 is 0.253 bits per heavy atom. The number of hydrogen-bond donors (Lipinski definition) is 21. The Morgan fingerprint density at radius 3 is 0.608 bits per heavy atom. The summed E-state index contributed by atoms with van der Waals surface area (Å²) < 4.78 is 80.7. The van der Waals surface area contributed by atoms with Crippen LogP contribution in [-0.2, 0) is 66.3 Å². The second kappa shape index (κ2) is 28.2. The Labute approximate surface area is 451 Å². The molecule has 35 atom stereocenters. The van der Waals surface area contributed by atoms with Crippen molar-refractivity contribution in [3.05, 3.63) is 0 Å². The molecular weight excluding hydrogens is 1070 g/mol. The van der Waals surface area contributed by atoms with E-state index in [0.717, 1.165) is 0 Å². The second-order valence-electron chi connectivity index (χ2n) is 20.5. The van der Waals surface area contributed by atoms with Crippen LogP contribution in [0.15, 0.2) is 0 Å². The number of hydrogen-bond acceptors (Lipinski definition) is 35. The normalized spacial score (nSPS) is 53.0. The van der Waals surface area contributed by atoms with Gasteiger partial charge in [-0.2, -0.15) is 0 Å². The molecule has 0 spiro atoms. The topological polar surface area (TPSA) is 595 Å². The van der Waals surface area contributed by atoms with Gasteiger partial charge >= 0.3 is 0 Å². The van der Waals surface area contributed by atoms with Crippen molar-refractivity contribution in [3.8, 4) is 0 Å². The average Bonchev–Trinajstić information content (AvgIpc) is 3.48. The van der Waals surface area contributed by atoms with Crippen molar-refractivity contribution in [3.63, 3.8) is 0 Å². The predicted molar refractivity (Wildman–Crippen MR) is 254 cm³/mol. The zero-order valence-corrected chi connectivity index (χ0v) is 43.2. The van der Waals surface area contributed by atoms with Crippen LogP contribution < -0.4 is 40.1 Å². The van der Waals surface area contributed by atoms with Gasteiger partial charge in [-0.25, -0.2) is 0 Å². The highest BCUT2D eigenvalue weighted by molar-refractivity contribution is 5.01. The number of aliphatic hydroxyl groups is 14. The van der Waals surface area contributed by atoms with Gasteiger partial charge in [-0.3, -0.25) is 0 Å². The Hall–Kier alpha value is -1.40. The Morgan fingerprint density at radius 2 is 0.418 bits per heavy atom. The molecule has 79 heavy (non-hydrogen) atoms. The van der Waals surface area contributed by atoms with E-state index in [-0.39, 0.29) is 19.6 Å². The summed E-state index contributed by atoms with van der Waals surface area (Å²) in [7, 11) is 1.23. The van der Waals surface area contributed by atoms with E-state index in [9.17, 15) is 71.5 Å². The summed E-state index contributed by atoms with van der Waals surface area (Å²) >= 11 is 0. The number of nitrogens with two attached hydrogens (primary N) is 7. The predicted octanol–water partition coefficient (Wildman–Crippen LogP) is -14.6. The molecule has 7 fully saturated rings. The van der Waals surface area contributed by atoms with Crippen molar-refractivity contribution in [1.82, 2.24) is 0 Å². The van der Waals surface area contributed by atoms with Gasteiger partial charge in [0.25, 0.3) is 0 Å². The largest absolute Gasteiger partial charge is 0.390 e. The number of ether oxygens (including phenoxy) is 14. The molecule has 0 aromatic carbocycles. The molecule has 7 heterocycles. The lowest BCUT2D eigenvalue weighted by Crippen LogP contribution is -2.69. The zero-order valence-electron chi connectivity index (χ0n) is 43.2. The van der Waals surface area contributed by atoms with Crippen molar-refractivity contribution >= 4 is 0 Å². The first-order valence-electron chi connectivity index (χ1n) is 26.0. The first kappa shape index (κ1) is 65.1. The minimum atomic E-state index is -2.05. The first-order valence-corrected chi connectivity index (χ1v) is 26.0. The van der Waals surface area contributed by atoms with Crippen molar-refractivity contribution in [2.45, 2.75) is 216 Å². The minimum Gasteiger partial charge on any atom is -0.390 e. The third-order valence-corrected chi connectivity index (χ3v) is 15.5. The summed E-state index contributed by atoms with van der Waals surface area (Å²) in [5.41, 5.74) is 41.5. The van der Waals surface area contributed by atoms with Gasteiger partial charge in [-0.1, -0.05) is 6.92 Å². The van der Waals surface area contributed by atoms with E-state index in [1.165, 1.54) is 7.11 Å². The van der Waals surface area contributed by atoms with Crippen LogP contribution in [0.4, 0.5) is 0 Å². The molecule has 0 radical (unpaired) electrons.